The van der Waals surface area contributed by atoms with E-state index in [1.807, 2.05) is 31.2 Å². The zero-order valence-electron chi connectivity index (χ0n) is 9.32. The molecule has 0 N–H and O–H groups in total. The van der Waals surface area contributed by atoms with Gasteiger partial charge in [0.1, 0.15) is 11.3 Å². The van der Waals surface area contributed by atoms with Gasteiger partial charge in [-0.05, 0) is 19.1 Å². The summed E-state index contributed by atoms with van der Waals surface area (Å²) in [4.78, 5) is 9.07. The molecule has 0 radical (unpaired) electrons. The molecule has 3 rings (SSSR count). The van der Waals surface area contributed by atoms with Crippen molar-refractivity contribution in [3.05, 3.63) is 35.6 Å². The molecule has 0 saturated heterocycles. The van der Waals surface area contributed by atoms with Crippen molar-refractivity contribution in [3.8, 4) is 0 Å². The van der Waals surface area contributed by atoms with Gasteiger partial charge in [0.05, 0.1) is 11.0 Å². The molecule has 80 valence electrons. The highest BCUT2D eigenvalue weighted by atomic mass is 16.3. The number of aryl methyl sites for hydroxylation is 2. The highest BCUT2D eigenvalue weighted by Crippen LogP contribution is 2.24. The Morgan fingerprint density at radius 1 is 1.12 bits per heavy atom. The van der Waals surface area contributed by atoms with Gasteiger partial charge >= 0.3 is 0 Å². The highest BCUT2D eigenvalue weighted by molar-refractivity contribution is 5.85. The smallest absolute Gasteiger partial charge is 0.246 e. The molecule has 0 aliphatic carbocycles. The number of nitrogens with zero attached hydrogens (tertiary/aromatic N) is 2. The lowest BCUT2D eigenvalue weighted by Gasteiger charge is -1.95. The Hall–Kier alpha value is -1.90. The summed E-state index contributed by atoms with van der Waals surface area (Å²) in [5, 5.41) is 0. The SMILES string of the molecule is CCc1oc2nc3ccccc3nc2c1C. The maximum atomic E-state index is 5.68. The van der Waals surface area contributed by atoms with Gasteiger partial charge in [-0.25, -0.2) is 9.97 Å². The number of hydrogen-bond acceptors (Lipinski definition) is 3. The van der Waals surface area contributed by atoms with Crippen LogP contribution < -0.4 is 0 Å². The summed E-state index contributed by atoms with van der Waals surface area (Å²) in [6, 6.07) is 7.85. The van der Waals surface area contributed by atoms with Crippen LogP contribution in [0.5, 0.6) is 0 Å². The zero-order valence-corrected chi connectivity index (χ0v) is 9.32. The molecule has 0 atom stereocenters. The second kappa shape index (κ2) is 3.30. The van der Waals surface area contributed by atoms with E-state index < -0.39 is 0 Å². The van der Waals surface area contributed by atoms with E-state index in [1.54, 1.807) is 0 Å². The van der Waals surface area contributed by atoms with Crippen LogP contribution in [0.15, 0.2) is 28.7 Å². The Morgan fingerprint density at radius 2 is 1.81 bits per heavy atom. The van der Waals surface area contributed by atoms with Crippen molar-refractivity contribution in [1.82, 2.24) is 9.97 Å². The predicted molar refractivity (Wildman–Crippen MR) is 63.4 cm³/mol. The first-order valence-corrected chi connectivity index (χ1v) is 5.44. The van der Waals surface area contributed by atoms with Crippen LogP contribution >= 0.6 is 0 Å². The molecule has 0 bridgehead atoms. The number of rotatable bonds is 1. The third kappa shape index (κ3) is 1.21. The van der Waals surface area contributed by atoms with E-state index in [4.69, 9.17) is 4.42 Å². The van der Waals surface area contributed by atoms with Gasteiger partial charge in [-0.3, -0.25) is 0 Å². The second-order valence-corrected chi connectivity index (χ2v) is 3.87. The number of fused-ring (bicyclic) bond motifs is 2. The fourth-order valence-electron chi connectivity index (χ4n) is 1.96. The van der Waals surface area contributed by atoms with Crippen LogP contribution in [0, 0.1) is 6.92 Å². The summed E-state index contributed by atoms with van der Waals surface area (Å²) < 4.78 is 5.68. The highest BCUT2D eigenvalue weighted by Gasteiger charge is 2.12. The maximum absolute atomic E-state index is 5.68. The zero-order chi connectivity index (χ0) is 11.1. The monoisotopic (exact) mass is 212 g/mol. The van der Waals surface area contributed by atoms with Gasteiger partial charge in [0.15, 0.2) is 0 Å². The summed E-state index contributed by atoms with van der Waals surface area (Å²) in [6.45, 7) is 4.11. The van der Waals surface area contributed by atoms with Crippen LogP contribution in [-0.4, -0.2) is 9.97 Å². The lowest BCUT2D eigenvalue weighted by Crippen LogP contribution is -1.84. The summed E-state index contributed by atoms with van der Waals surface area (Å²) in [5.74, 6) is 0.977. The lowest BCUT2D eigenvalue weighted by atomic mass is 10.2. The number of aromatic nitrogens is 2. The average molecular weight is 212 g/mol. The number of furan rings is 1. The molecule has 3 nitrogen and oxygen atoms in total. The molecule has 0 unspecified atom stereocenters. The van der Waals surface area contributed by atoms with E-state index in [9.17, 15) is 0 Å². The molecule has 0 fully saturated rings. The van der Waals surface area contributed by atoms with E-state index in [-0.39, 0.29) is 0 Å². The Morgan fingerprint density at radius 3 is 2.50 bits per heavy atom. The van der Waals surface area contributed by atoms with Crippen molar-refractivity contribution in [1.29, 1.82) is 0 Å². The normalized spacial score (nSPS) is 11.4. The molecule has 0 amide bonds. The molecule has 2 aromatic heterocycles. The van der Waals surface area contributed by atoms with Crippen LogP contribution in [0.2, 0.25) is 0 Å². The van der Waals surface area contributed by atoms with E-state index >= 15 is 0 Å². The van der Waals surface area contributed by atoms with Gasteiger partial charge in [-0.2, -0.15) is 0 Å². The van der Waals surface area contributed by atoms with E-state index in [1.165, 1.54) is 0 Å². The minimum Gasteiger partial charge on any atom is -0.441 e. The Bertz CT molecular complexity index is 670. The van der Waals surface area contributed by atoms with Crippen molar-refractivity contribution in [3.63, 3.8) is 0 Å². The predicted octanol–water partition coefficient (Wildman–Crippen LogP) is 3.25. The molecule has 0 spiro atoms. The van der Waals surface area contributed by atoms with Gasteiger partial charge in [0.25, 0.3) is 0 Å². The molecule has 2 heterocycles. The first kappa shape index (κ1) is 9.33. The van der Waals surface area contributed by atoms with Crippen LogP contribution in [0.1, 0.15) is 18.2 Å². The van der Waals surface area contributed by atoms with Gasteiger partial charge in [-0.1, -0.05) is 19.1 Å². The molecular formula is C13H12N2O. The summed E-state index contributed by atoms with van der Waals surface area (Å²) in [5.41, 5.74) is 4.44. The molecule has 16 heavy (non-hydrogen) atoms. The minimum absolute atomic E-state index is 0.646. The van der Waals surface area contributed by atoms with Crippen LogP contribution in [0.4, 0.5) is 0 Å². The largest absolute Gasteiger partial charge is 0.441 e. The number of hydrogen-bond donors (Lipinski definition) is 0. The van der Waals surface area contributed by atoms with Gasteiger partial charge < -0.3 is 4.42 Å². The van der Waals surface area contributed by atoms with Crippen molar-refractivity contribution in [2.45, 2.75) is 20.3 Å². The lowest BCUT2D eigenvalue weighted by molar-refractivity contribution is 0.544. The van der Waals surface area contributed by atoms with Gasteiger partial charge in [0, 0.05) is 12.0 Å². The molecule has 3 heteroatoms. The molecule has 1 aromatic carbocycles. The van der Waals surface area contributed by atoms with Gasteiger partial charge in [-0.15, -0.1) is 0 Å². The quantitative estimate of drug-likeness (QED) is 0.621. The van der Waals surface area contributed by atoms with Gasteiger partial charge in [0.2, 0.25) is 5.71 Å². The van der Waals surface area contributed by atoms with Crippen LogP contribution in [0.3, 0.4) is 0 Å². The topological polar surface area (TPSA) is 38.9 Å². The Balaban J connectivity index is 2.44. The van der Waals surface area contributed by atoms with Crippen molar-refractivity contribution in [2.24, 2.45) is 0 Å². The number of benzene rings is 1. The second-order valence-electron chi connectivity index (χ2n) is 3.87. The third-order valence-corrected chi connectivity index (χ3v) is 2.85. The summed E-state index contributed by atoms with van der Waals surface area (Å²) >= 11 is 0. The summed E-state index contributed by atoms with van der Waals surface area (Å²) in [7, 11) is 0. The van der Waals surface area contributed by atoms with Crippen molar-refractivity contribution >= 4 is 22.3 Å². The summed E-state index contributed by atoms with van der Waals surface area (Å²) in [6.07, 6.45) is 0.875. The number of para-hydroxylation sites is 2. The standard InChI is InChI=1S/C13H12N2O/c1-3-11-8(2)12-13(16-11)15-10-7-5-4-6-9(10)14-12/h4-7H,3H2,1-2H3. The molecule has 0 saturated carbocycles. The Kier molecular flexibility index (Phi) is 1.93. The molecule has 0 aliphatic heterocycles. The van der Waals surface area contributed by atoms with Crippen molar-refractivity contribution < 1.29 is 4.42 Å². The maximum Gasteiger partial charge on any atom is 0.246 e. The van der Waals surface area contributed by atoms with Crippen molar-refractivity contribution in [2.75, 3.05) is 0 Å². The minimum atomic E-state index is 0.646. The van der Waals surface area contributed by atoms with E-state index in [0.717, 1.165) is 34.3 Å². The Labute approximate surface area is 93.1 Å². The van der Waals surface area contributed by atoms with E-state index in [2.05, 4.69) is 16.9 Å². The molecule has 0 aliphatic rings. The third-order valence-electron chi connectivity index (χ3n) is 2.85. The fourth-order valence-corrected chi connectivity index (χ4v) is 1.96. The average Bonchev–Trinajstić information content (AvgIpc) is 2.63. The first-order chi connectivity index (χ1) is 7.79. The van der Waals surface area contributed by atoms with Crippen LogP contribution in [0.25, 0.3) is 22.3 Å². The molecular weight excluding hydrogens is 200 g/mol. The van der Waals surface area contributed by atoms with E-state index in [0.29, 0.717) is 5.71 Å². The first-order valence-electron chi connectivity index (χ1n) is 5.44. The molecule has 3 aromatic rings. The van der Waals surface area contributed by atoms with Crippen LogP contribution in [-0.2, 0) is 6.42 Å². The fraction of sp³-hybridized carbons (Fsp3) is 0.231.